The molecule has 0 aliphatic heterocycles. The molecule has 4 nitrogen and oxygen atoms in total. The van der Waals surface area contributed by atoms with Crippen molar-refractivity contribution in [2.75, 3.05) is 26.7 Å². The number of hydrogen-bond acceptors (Lipinski definition) is 3. The van der Waals surface area contributed by atoms with Crippen LogP contribution in [0.15, 0.2) is 0 Å². The summed E-state index contributed by atoms with van der Waals surface area (Å²) in [5, 5.41) is 0. The Morgan fingerprint density at radius 2 is 2.12 bits per heavy atom. The van der Waals surface area contributed by atoms with E-state index in [4.69, 9.17) is 10.5 Å². The molecule has 0 radical (unpaired) electrons. The Balaban J connectivity index is 3.95. The molecule has 96 valence electrons. The van der Waals surface area contributed by atoms with Crippen LogP contribution in [0.3, 0.4) is 0 Å². The van der Waals surface area contributed by atoms with Crippen LogP contribution in [-0.2, 0) is 9.53 Å². The first-order valence-electron chi connectivity index (χ1n) is 6.16. The maximum Gasteiger partial charge on any atom is 0.222 e. The number of ether oxygens (including phenoxy) is 1. The van der Waals surface area contributed by atoms with Crippen molar-refractivity contribution in [2.45, 2.75) is 45.6 Å². The number of rotatable bonds is 9. The molecule has 1 amide bonds. The molecule has 0 aromatic carbocycles. The monoisotopic (exact) mass is 230 g/mol. The fourth-order valence-corrected chi connectivity index (χ4v) is 1.47. The molecule has 16 heavy (non-hydrogen) atoms. The standard InChI is InChI=1S/C12H26N2O2/c1-4-5-9-14(10-8-13)12(15)7-6-11(2)16-3/h11H,4-10,13H2,1-3H3. The van der Waals surface area contributed by atoms with Crippen LogP contribution in [0.5, 0.6) is 0 Å². The number of nitrogens with two attached hydrogens (primary N) is 1. The highest BCUT2D eigenvalue weighted by atomic mass is 16.5. The van der Waals surface area contributed by atoms with Crippen molar-refractivity contribution in [3.63, 3.8) is 0 Å². The van der Waals surface area contributed by atoms with Crippen LogP contribution in [0.2, 0.25) is 0 Å². The Morgan fingerprint density at radius 3 is 2.62 bits per heavy atom. The third-order valence-corrected chi connectivity index (χ3v) is 2.70. The van der Waals surface area contributed by atoms with Gasteiger partial charge in [-0.05, 0) is 19.8 Å². The van der Waals surface area contributed by atoms with Gasteiger partial charge in [-0.15, -0.1) is 0 Å². The fourth-order valence-electron chi connectivity index (χ4n) is 1.47. The normalized spacial score (nSPS) is 12.5. The molecule has 1 unspecified atom stereocenters. The van der Waals surface area contributed by atoms with Crippen LogP contribution in [0, 0.1) is 0 Å². The summed E-state index contributed by atoms with van der Waals surface area (Å²) in [5.74, 6) is 0.197. The summed E-state index contributed by atoms with van der Waals surface area (Å²) in [6.45, 7) is 6.13. The van der Waals surface area contributed by atoms with Crippen LogP contribution in [0.25, 0.3) is 0 Å². The van der Waals surface area contributed by atoms with Crippen molar-refractivity contribution >= 4 is 5.91 Å². The van der Waals surface area contributed by atoms with Crippen LogP contribution < -0.4 is 5.73 Å². The number of carbonyl (C=O) groups excluding carboxylic acids is 1. The molecule has 0 fully saturated rings. The molecule has 0 heterocycles. The van der Waals surface area contributed by atoms with E-state index in [0.717, 1.165) is 25.8 Å². The van der Waals surface area contributed by atoms with E-state index in [-0.39, 0.29) is 12.0 Å². The van der Waals surface area contributed by atoms with Gasteiger partial charge in [-0.25, -0.2) is 0 Å². The first-order valence-corrected chi connectivity index (χ1v) is 6.16. The Morgan fingerprint density at radius 1 is 1.44 bits per heavy atom. The minimum atomic E-state index is 0.148. The molecular formula is C12H26N2O2. The van der Waals surface area contributed by atoms with Gasteiger partial charge in [0, 0.05) is 33.2 Å². The highest BCUT2D eigenvalue weighted by molar-refractivity contribution is 5.76. The van der Waals surface area contributed by atoms with Gasteiger partial charge in [-0.1, -0.05) is 13.3 Å². The minimum absolute atomic E-state index is 0.148. The van der Waals surface area contributed by atoms with Crippen molar-refractivity contribution in [1.29, 1.82) is 0 Å². The van der Waals surface area contributed by atoms with E-state index >= 15 is 0 Å². The summed E-state index contributed by atoms with van der Waals surface area (Å²) in [6, 6.07) is 0. The lowest BCUT2D eigenvalue weighted by molar-refractivity contribution is -0.131. The first-order chi connectivity index (χ1) is 7.65. The molecule has 0 bridgehead atoms. The molecule has 0 aliphatic rings. The SMILES string of the molecule is CCCCN(CCN)C(=O)CCC(C)OC. The highest BCUT2D eigenvalue weighted by Gasteiger charge is 2.13. The zero-order valence-electron chi connectivity index (χ0n) is 10.9. The van der Waals surface area contributed by atoms with E-state index in [1.54, 1.807) is 7.11 Å². The maximum atomic E-state index is 11.9. The molecule has 0 aromatic rings. The Hall–Kier alpha value is -0.610. The molecule has 0 spiro atoms. The Bertz CT molecular complexity index is 186. The number of carbonyl (C=O) groups is 1. The van der Waals surface area contributed by atoms with Crippen molar-refractivity contribution in [3.8, 4) is 0 Å². The summed E-state index contributed by atoms with van der Waals surface area (Å²) < 4.78 is 5.13. The number of methoxy groups -OCH3 is 1. The predicted molar refractivity (Wildman–Crippen MR) is 66.2 cm³/mol. The second-order valence-electron chi connectivity index (χ2n) is 4.11. The van der Waals surface area contributed by atoms with Gasteiger partial charge in [-0.2, -0.15) is 0 Å². The summed E-state index contributed by atoms with van der Waals surface area (Å²) in [5.41, 5.74) is 5.50. The van der Waals surface area contributed by atoms with E-state index in [1.807, 2.05) is 11.8 Å². The van der Waals surface area contributed by atoms with E-state index in [2.05, 4.69) is 6.92 Å². The van der Waals surface area contributed by atoms with Crippen molar-refractivity contribution < 1.29 is 9.53 Å². The van der Waals surface area contributed by atoms with E-state index in [1.165, 1.54) is 0 Å². The molecule has 0 aromatic heterocycles. The summed E-state index contributed by atoms with van der Waals surface area (Å²) in [4.78, 5) is 13.7. The molecule has 2 N–H and O–H groups in total. The molecule has 1 atom stereocenters. The van der Waals surface area contributed by atoms with Gasteiger partial charge in [0.15, 0.2) is 0 Å². The van der Waals surface area contributed by atoms with Crippen molar-refractivity contribution in [2.24, 2.45) is 5.73 Å². The molecule has 0 saturated carbocycles. The third kappa shape index (κ3) is 6.80. The number of unbranched alkanes of at least 4 members (excludes halogenated alkanes) is 1. The molecule has 0 aliphatic carbocycles. The second-order valence-corrected chi connectivity index (χ2v) is 4.11. The average Bonchev–Trinajstić information content (AvgIpc) is 2.30. The van der Waals surface area contributed by atoms with Crippen LogP contribution >= 0.6 is 0 Å². The van der Waals surface area contributed by atoms with E-state index in [0.29, 0.717) is 19.5 Å². The van der Waals surface area contributed by atoms with Gasteiger partial charge < -0.3 is 15.4 Å². The topological polar surface area (TPSA) is 55.6 Å². The maximum absolute atomic E-state index is 11.9. The number of nitrogens with zero attached hydrogens (tertiary/aromatic N) is 1. The van der Waals surface area contributed by atoms with Gasteiger partial charge in [0.05, 0.1) is 6.10 Å². The lowest BCUT2D eigenvalue weighted by Gasteiger charge is -2.22. The van der Waals surface area contributed by atoms with E-state index in [9.17, 15) is 4.79 Å². The second kappa shape index (κ2) is 9.60. The third-order valence-electron chi connectivity index (χ3n) is 2.70. The van der Waals surface area contributed by atoms with Gasteiger partial charge >= 0.3 is 0 Å². The largest absolute Gasteiger partial charge is 0.382 e. The lowest BCUT2D eigenvalue weighted by Crippen LogP contribution is -2.36. The lowest BCUT2D eigenvalue weighted by atomic mass is 10.2. The summed E-state index contributed by atoms with van der Waals surface area (Å²) in [6.07, 6.45) is 3.63. The minimum Gasteiger partial charge on any atom is -0.382 e. The van der Waals surface area contributed by atoms with Gasteiger partial charge in [0.1, 0.15) is 0 Å². The number of hydrogen-bond donors (Lipinski definition) is 1. The molecule has 0 rings (SSSR count). The summed E-state index contributed by atoms with van der Waals surface area (Å²) in [7, 11) is 1.67. The Labute approximate surface area is 99.1 Å². The van der Waals surface area contributed by atoms with Crippen molar-refractivity contribution in [3.05, 3.63) is 0 Å². The average molecular weight is 230 g/mol. The fraction of sp³-hybridized carbons (Fsp3) is 0.917. The first kappa shape index (κ1) is 15.4. The molecular weight excluding hydrogens is 204 g/mol. The molecule has 0 saturated heterocycles. The van der Waals surface area contributed by atoms with Crippen LogP contribution in [-0.4, -0.2) is 43.7 Å². The highest BCUT2D eigenvalue weighted by Crippen LogP contribution is 2.05. The Kier molecular flexibility index (Phi) is 9.24. The number of amides is 1. The van der Waals surface area contributed by atoms with Gasteiger partial charge in [0.25, 0.3) is 0 Å². The van der Waals surface area contributed by atoms with Gasteiger partial charge in [0.2, 0.25) is 5.91 Å². The summed E-state index contributed by atoms with van der Waals surface area (Å²) >= 11 is 0. The van der Waals surface area contributed by atoms with Crippen molar-refractivity contribution in [1.82, 2.24) is 4.90 Å². The predicted octanol–water partition coefficient (Wildman–Crippen LogP) is 1.39. The molecule has 4 heteroatoms. The van der Waals surface area contributed by atoms with E-state index < -0.39 is 0 Å². The van der Waals surface area contributed by atoms with Gasteiger partial charge in [-0.3, -0.25) is 4.79 Å². The zero-order valence-corrected chi connectivity index (χ0v) is 10.9. The van der Waals surface area contributed by atoms with Crippen LogP contribution in [0.4, 0.5) is 0 Å². The smallest absolute Gasteiger partial charge is 0.222 e. The quantitative estimate of drug-likeness (QED) is 0.651. The zero-order chi connectivity index (χ0) is 12.4. The van der Waals surface area contributed by atoms with Crippen LogP contribution in [0.1, 0.15) is 39.5 Å².